The van der Waals surface area contributed by atoms with Crippen molar-refractivity contribution in [3.8, 4) is 5.75 Å². The number of hydrogen-bond donors (Lipinski definition) is 2. The SMILES string of the molecule is Cc1cc(OCC(=O)O)ccc1Cc1ccc(N)cc1. The van der Waals surface area contributed by atoms with Crippen molar-refractivity contribution in [2.24, 2.45) is 0 Å². The fourth-order valence-electron chi connectivity index (χ4n) is 1.96. The number of hydrogen-bond acceptors (Lipinski definition) is 3. The molecule has 2 aromatic carbocycles. The van der Waals surface area contributed by atoms with Gasteiger partial charge in [-0.15, -0.1) is 0 Å². The fourth-order valence-corrected chi connectivity index (χ4v) is 1.96. The topological polar surface area (TPSA) is 72.5 Å². The summed E-state index contributed by atoms with van der Waals surface area (Å²) in [5.41, 5.74) is 9.85. The van der Waals surface area contributed by atoms with Crippen molar-refractivity contribution in [1.82, 2.24) is 0 Å². The van der Waals surface area contributed by atoms with Crippen molar-refractivity contribution in [3.05, 3.63) is 59.2 Å². The highest BCUT2D eigenvalue weighted by molar-refractivity contribution is 5.68. The molecule has 0 unspecified atom stereocenters. The van der Waals surface area contributed by atoms with Crippen LogP contribution in [-0.2, 0) is 11.2 Å². The largest absolute Gasteiger partial charge is 0.482 e. The molecule has 0 atom stereocenters. The Kier molecular flexibility index (Phi) is 4.25. The molecule has 0 radical (unpaired) electrons. The molecule has 0 spiro atoms. The predicted octanol–water partition coefficient (Wildman–Crippen LogP) is 2.63. The van der Waals surface area contributed by atoms with E-state index in [2.05, 4.69) is 0 Å². The summed E-state index contributed by atoms with van der Waals surface area (Å²) in [4.78, 5) is 10.5. The maximum Gasteiger partial charge on any atom is 0.341 e. The van der Waals surface area contributed by atoms with Gasteiger partial charge in [-0.2, -0.15) is 0 Å². The number of nitrogen functional groups attached to an aromatic ring is 1. The van der Waals surface area contributed by atoms with E-state index in [9.17, 15) is 4.79 Å². The summed E-state index contributed by atoms with van der Waals surface area (Å²) in [6.07, 6.45) is 0.811. The quantitative estimate of drug-likeness (QED) is 0.820. The van der Waals surface area contributed by atoms with Crippen LogP contribution < -0.4 is 10.5 Å². The van der Waals surface area contributed by atoms with Crippen molar-refractivity contribution in [3.63, 3.8) is 0 Å². The van der Waals surface area contributed by atoms with E-state index in [0.29, 0.717) is 5.75 Å². The van der Waals surface area contributed by atoms with Crippen molar-refractivity contribution < 1.29 is 14.6 Å². The molecule has 0 aliphatic carbocycles. The Bertz CT molecular complexity index is 606. The summed E-state index contributed by atoms with van der Waals surface area (Å²) >= 11 is 0. The van der Waals surface area contributed by atoms with Crippen LogP contribution in [0, 0.1) is 6.92 Å². The molecule has 4 nitrogen and oxygen atoms in total. The van der Waals surface area contributed by atoms with E-state index < -0.39 is 5.97 Å². The van der Waals surface area contributed by atoms with E-state index >= 15 is 0 Å². The summed E-state index contributed by atoms with van der Waals surface area (Å²) in [5.74, 6) is -0.403. The first-order valence-corrected chi connectivity index (χ1v) is 6.33. The van der Waals surface area contributed by atoms with Crippen molar-refractivity contribution in [1.29, 1.82) is 0 Å². The smallest absolute Gasteiger partial charge is 0.341 e. The Morgan fingerprint density at radius 3 is 2.50 bits per heavy atom. The number of aryl methyl sites for hydroxylation is 1. The molecule has 0 aliphatic rings. The first kappa shape index (κ1) is 13.9. The van der Waals surface area contributed by atoms with Crippen LogP contribution in [0.3, 0.4) is 0 Å². The Hall–Kier alpha value is -2.49. The lowest BCUT2D eigenvalue weighted by Gasteiger charge is -2.09. The van der Waals surface area contributed by atoms with Gasteiger partial charge in [0.2, 0.25) is 0 Å². The first-order valence-electron chi connectivity index (χ1n) is 6.33. The number of carboxylic acid groups (broad SMARTS) is 1. The van der Waals surface area contributed by atoms with Crippen LogP contribution in [0.1, 0.15) is 16.7 Å². The molecule has 0 aromatic heterocycles. The van der Waals surface area contributed by atoms with Gasteiger partial charge in [-0.1, -0.05) is 18.2 Å². The maximum atomic E-state index is 10.5. The fraction of sp³-hybridized carbons (Fsp3) is 0.188. The second kappa shape index (κ2) is 6.10. The molecule has 0 amide bonds. The summed E-state index contributed by atoms with van der Waals surface area (Å²) in [6, 6.07) is 13.4. The van der Waals surface area contributed by atoms with E-state index in [1.54, 1.807) is 6.07 Å². The molecule has 0 bridgehead atoms. The van der Waals surface area contributed by atoms with Crippen LogP contribution in [0.25, 0.3) is 0 Å². The highest BCUT2D eigenvalue weighted by Crippen LogP contribution is 2.20. The molecule has 3 N–H and O–H groups in total. The van der Waals surface area contributed by atoms with E-state index in [4.69, 9.17) is 15.6 Å². The first-order chi connectivity index (χ1) is 9.54. The zero-order valence-electron chi connectivity index (χ0n) is 11.3. The van der Waals surface area contributed by atoms with Crippen molar-refractivity contribution in [2.75, 3.05) is 12.3 Å². The van der Waals surface area contributed by atoms with Gasteiger partial charge < -0.3 is 15.6 Å². The number of rotatable bonds is 5. The number of carbonyl (C=O) groups is 1. The van der Waals surface area contributed by atoms with Gasteiger partial charge in [-0.05, 0) is 54.3 Å². The number of benzene rings is 2. The van der Waals surface area contributed by atoms with E-state index in [-0.39, 0.29) is 6.61 Å². The van der Waals surface area contributed by atoms with Crippen LogP contribution in [-0.4, -0.2) is 17.7 Å². The maximum absolute atomic E-state index is 10.5. The minimum absolute atomic E-state index is 0.323. The summed E-state index contributed by atoms with van der Waals surface area (Å²) in [6.45, 7) is 1.66. The number of aliphatic carboxylic acids is 1. The van der Waals surface area contributed by atoms with Crippen molar-refractivity contribution in [2.45, 2.75) is 13.3 Å². The normalized spacial score (nSPS) is 10.2. The Labute approximate surface area is 117 Å². The van der Waals surface area contributed by atoms with Gasteiger partial charge in [0, 0.05) is 5.69 Å². The Morgan fingerprint density at radius 2 is 1.90 bits per heavy atom. The second-order valence-corrected chi connectivity index (χ2v) is 4.69. The predicted molar refractivity (Wildman–Crippen MR) is 78.0 cm³/mol. The minimum atomic E-state index is -0.978. The van der Waals surface area contributed by atoms with Gasteiger partial charge in [-0.25, -0.2) is 4.79 Å². The summed E-state index contributed by atoms with van der Waals surface area (Å²) < 4.78 is 5.15. The summed E-state index contributed by atoms with van der Waals surface area (Å²) in [5, 5.41) is 8.58. The second-order valence-electron chi connectivity index (χ2n) is 4.69. The third-order valence-electron chi connectivity index (χ3n) is 3.05. The lowest BCUT2D eigenvalue weighted by Crippen LogP contribution is -2.09. The van der Waals surface area contributed by atoms with Gasteiger partial charge in [0.25, 0.3) is 0 Å². The van der Waals surface area contributed by atoms with E-state index in [0.717, 1.165) is 17.7 Å². The number of nitrogens with two attached hydrogens (primary N) is 1. The molecular weight excluding hydrogens is 254 g/mol. The zero-order valence-corrected chi connectivity index (χ0v) is 11.3. The van der Waals surface area contributed by atoms with Gasteiger partial charge in [0.05, 0.1) is 0 Å². The Morgan fingerprint density at radius 1 is 1.20 bits per heavy atom. The van der Waals surface area contributed by atoms with Crippen molar-refractivity contribution >= 4 is 11.7 Å². The molecule has 0 saturated heterocycles. The molecule has 2 rings (SSSR count). The molecule has 0 heterocycles. The van der Waals surface area contributed by atoms with Crippen LogP contribution in [0.15, 0.2) is 42.5 Å². The summed E-state index contributed by atoms with van der Waals surface area (Å²) in [7, 11) is 0. The third-order valence-corrected chi connectivity index (χ3v) is 3.05. The van der Waals surface area contributed by atoms with Gasteiger partial charge in [0.1, 0.15) is 5.75 Å². The van der Waals surface area contributed by atoms with Crippen LogP contribution >= 0.6 is 0 Å². The van der Waals surface area contributed by atoms with Gasteiger partial charge >= 0.3 is 5.97 Å². The van der Waals surface area contributed by atoms with Crippen LogP contribution in [0.2, 0.25) is 0 Å². The molecule has 0 saturated carbocycles. The minimum Gasteiger partial charge on any atom is -0.482 e. The van der Waals surface area contributed by atoms with E-state index in [1.807, 2.05) is 43.3 Å². The number of anilines is 1. The van der Waals surface area contributed by atoms with Crippen LogP contribution in [0.5, 0.6) is 5.75 Å². The highest BCUT2D eigenvalue weighted by atomic mass is 16.5. The molecule has 0 aliphatic heterocycles. The molecule has 4 heteroatoms. The van der Waals surface area contributed by atoms with E-state index in [1.165, 1.54) is 11.1 Å². The lowest BCUT2D eigenvalue weighted by atomic mass is 10.0. The monoisotopic (exact) mass is 271 g/mol. The molecular formula is C16H17NO3. The standard InChI is InChI=1S/C16H17NO3/c1-11-8-15(20-10-16(18)19)7-4-13(11)9-12-2-5-14(17)6-3-12/h2-8H,9-10,17H2,1H3,(H,18,19). The molecule has 0 fully saturated rings. The number of carboxylic acids is 1. The molecule has 2 aromatic rings. The number of ether oxygens (including phenoxy) is 1. The molecule has 20 heavy (non-hydrogen) atoms. The molecule has 104 valence electrons. The Balaban J connectivity index is 2.09. The highest BCUT2D eigenvalue weighted by Gasteiger charge is 2.04. The van der Waals surface area contributed by atoms with Gasteiger partial charge in [-0.3, -0.25) is 0 Å². The zero-order chi connectivity index (χ0) is 14.5. The average molecular weight is 271 g/mol. The lowest BCUT2D eigenvalue weighted by molar-refractivity contribution is -0.139. The average Bonchev–Trinajstić information content (AvgIpc) is 2.41. The van der Waals surface area contributed by atoms with Crippen LogP contribution in [0.4, 0.5) is 5.69 Å². The third kappa shape index (κ3) is 3.75. The van der Waals surface area contributed by atoms with Gasteiger partial charge in [0.15, 0.2) is 6.61 Å².